The van der Waals surface area contributed by atoms with Crippen molar-refractivity contribution in [2.24, 2.45) is 5.92 Å². The van der Waals surface area contributed by atoms with Crippen LogP contribution in [0.2, 0.25) is 0 Å². The van der Waals surface area contributed by atoms with Gasteiger partial charge in [0.25, 0.3) is 0 Å². The molecule has 0 aromatic heterocycles. The molecule has 2 unspecified atom stereocenters. The molecular formula is C15H20FNO. The van der Waals surface area contributed by atoms with E-state index < -0.39 is 0 Å². The standard InChI is InChI=1S/C15H20FNO/c16-13-6-3-5-12(10-18)15(13)17-9-8-11-4-1-2-7-14(11)17/h3,5-6,11,14,18H,1-2,4,7-10H2. The second-order valence-electron chi connectivity index (χ2n) is 5.50. The number of aliphatic hydroxyl groups is 1. The van der Waals surface area contributed by atoms with Crippen LogP contribution >= 0.6 is 0 Å². The highest BCUT2D eigenvalue weighted by atomic mass is 19.1. The lowest BCUT2D eigenvalue weighted by Crippen LogP contribution is -2.35. The molecule has 1 heterocycles. The van der Waals surface area contributed by atoms with Crippen molar-refractivity contribution in [2.75, 3.05) is 11.4 Å². The van der Waals surface area contributed by atoms with Crippen molar-refractivity contribution in [3.05, 3.63) is 29.6 Å². The fourth-order valence-electron chi connectivity index (χ4n) is 3.69. The number of halogens is 1. The minimum atomic E-state index is -0.187. The summed E-state index contributed by atoms with van der Waals surface area (Å²) in [5.74, 6) is 0.540. The van der Waals surface area contributed by atoms with Crippen LogP contribution in [-0.2, 0) is 6.61 Å². The predicted molar refractivity (Wildman–Crippen MR) is 70.0 cm³/mol. The Bertz CT molecular complexity index is 435. The quantitative estimate of drug-likeness (QED) is 0.870. The summed E-state index contributed by atoms with van der Waals surface area (Å²) in [5.41, 5.74) is 1.37. The van der Waals surface area contributed by atoms with Crippen LogP contribution in [0.25, 0.3) is 0 Å². The van der Waals surface area contributed by atoms with Gasteiger partial charge in [0.15, 0.2) is 0 Å². The normalized spacial score (nSPS) is 27.3. The Morgan fingerprint density at radius 2 is 2.06 bits per heavy atom. The molecule has 0 radical (unpaired) electrons. The molecule has 98 valence electrons. The Hall–Kier alpha value is -1.09. The number of benzene rings is 1. The van der Waals surface area contributed by atoms with Gasteiger partial charge in [-0.2, -0.15) is 0 Å². The van der Waals surface area contributed by atoms with E-state index >= 15 is 0 Å². The maximum Gasteiger partial charge on any atom is 0.146 e. The molecule has 2 atom stereocenters. The molecule has 1 aromatic rings. The average Bonchev–Trinajstić information content (AvgIpc) is 2.82. The molecule has 3 heteroatoms. The predicted octanol–water partition coefficient (Wildman–Crippen LogP) is 3.09. The SMILES string of the molecule is OCc1cccc(F)c1N1CCC2CCCCC21. The minimum Gasteiger partial charge on any atom is -0.392 e. The number of rotatable bonds is 2. The van der Waals surface area contributed by atoms with Gasteiger partial charge in [0.2, 0.25) is 0 Å². The monoisotopic (exact) mass is 249 g/mol. The van der Waals surface area contributed by atoms with E-state index in [1.54, 1.807) is 6.07 Å². The first kappa shape index (κ1) is 12.0. The Morgan fingerprint density at radius 3 is 2.89 bits per heavy atom. The van der Waals surface area contributed by atoms with Crippen molar-refractivity contribution in [3.8, 4) is 0 Å². The van der Waals surface area contributed by atoms with Gasteiger partial charge in [-0.25, -0.2) is 4.39 Å². The van der Waals surface area contributed by atoms with Crippen LogP contribution in [0.5, 0.6) is 0 Å². The number of aliphatic hydroxyl groups excluding tert-OH is 1. The molecule has 2 nitrogen and oxygen atoms in total. The Labute approximate surface area is 107 Å². The molecule has 1 N–H and O–H groups in total. The number of nitrogens with zero attached hydrogens (tertiary/aromatic N) is 1. The van der Waals surface area contributed by atoms with Gasteiger partial charge in [0.05, 0.1) is 12.3 Å². The summed E-state index contributed by atoms with van der Waals surface area (Å²) in [6, 6.07) is 5.50. The molecular weight excluding hydrogens is 229 g/mol. The van der Waals surface area contributed by atoms with Gasteiger partial charge in [0.1, 0.15) is 5.82 Å². The van der Waals surface area contributed by atoms with E-state index in [1.807, 2.05) is 6.07 Å². The highest BCUT2D eigenvalue weighted by molar-refractivity contribution is 5.56. The molecule has 1 aliphatic heterocycles. The second-order valence-corrected chi connectivity index (χ2v) is 5.50. The van der Waals surface area contributed by atoms with Crippen molar-refractivity contribution in [1.29, 1.82) is 0 Å². The molecule has 1 aromatic carbocycles. The zero-order valence-electron chi connectivity index (χ0n) is 10.6. The summed E-state index contributed by atoms with van der Waals surface area (Å²) in [6.07, 6.45) is 6.19. The Balaban J connectivity index is 1.95. The molecule has 0 amide bonds. The van der Waals surface area contributed by atoms with Crippen LogP contribution in [0, 0.1) is 11.7 Å². The van der Waals surface area contributed by atoms with Gasteiger partial charge in [-0.15, -0.1) is 0 Å². The van der Waals surface area contributed by atoms with Gasteiger partial charge in [-0.3, -0.25) is 0 Å². The molecule has 0 spiro atoms. The van der Waals surface area contributed by atoms with E-state index in [0.29, 0.717) is 11.7 Å². The van der Waals surface area contributed by atoms with Crippen molar-refractivity contribution in [2.45, 2.75) is 44.8 Å². The van der Waals surface area contributed by atoms with E-state index in [9.17, 15) is 9.50 Å². The zero-order chi connectivity index (χ0) is 12.5. The van der Waals surface area contributed by atoms with Gasteiger partial charge in [-0.1, -0.05) is 25.0 Å². The van der Waals surface area contributed by atoms with E-state index in [0.717, 1.165) is 18.0 Å². The van der Waals surface area contributed by atoms with Crippen LogP contribution < -0.4 is 4.90 Å². The van der Waals surface area contributed by atoms with E-state index in [1.165, 1.54) is 38.2 Å². The largest absolute Gasteiger partial charge is 0.392 e. The van der Waals surface area contributed by atoms with Crippen LogP contribution in [0.4, 0.5) is 10.1 Å². The maximum atomic E-state index is 14.1. The van der Waals surface area contributed by atoms with Gasteiger partial charge in [-0.05, 0) is 31.2 Å². The van der Waals surface area contributed by atoms with Crippen LogP contribution in [0.3, 0.4) is 0 Å². The summed E-state index contributed by atoms with van der Waals surface area (Å²) in [6.45, 7) is 0.851. The molecule has 18 heavy (non-hydrogen) atoms. The second kappa shape index (κ2) is 4.88. The topological polar surface area (TPSA) is 23.5 Å². The minimum absolute atomic E-state index is 0.0824. The summed E-state index contributed by atoms with van der Waals surface area (Å²) in [5, 5.41) is 9.41. The third-order valence-electron chi connectivity index (χ3n) is 4.54. The third kappa shape index (κ3) is 1.91. The molecule has 1 saturated carbocycles. The Morgan fingerprint density at radius 1 is 1.22 bits per heavy atom. The number of anilines is 1. The summed E-state index contributed by atoms with van der Waals surface area (Å²) in [4.78, 5) is 2.21. The van der Waals surface area contributed by atoms with Crippen LogP contribution in [0.1, 0.15) is 37.7 Å². The van der Waals surface area contributed by atoms with Crippen molar-refractivity contribution >= 4 is 5.69 Å². The fourth-order valence-corrected chi connectivity index (χ4v) is 3.69. The van der Waals surface area contributed by atoms with Crippen molar-refractivity contribution in [1.82, 2.24) is 0 Å². The zero-order valence-corrected chi connectivity index (χ0v) is 10.6. The molecule has 1 aliphatic carbocycles. The molecule has 2 fully saturated rings. The van der Waals surface area contributed by atoms with Crippen LogP contribution in [-0.4, -0.2) is 17.7 Å². The van der Waals surface area contributed by atoms with Gasteiger partial charge >= 0.3 is 0 Å². The third-order valence-corrected chi connectivity index (χ3v) is 4.54. The first-order valence-electron chi connectivity index (χ1n) is 6.96. The number of para-hydroxylation sites is 1. The Kier molecular flexibility index (Phi) is 3.25. The van der Waals surface area contributed by atoms with Crippen molar-refractivity contribution in [3.63, 3.8) is 0 Å². The lowest BCUT2D eigenvalue weighted by molar-refractivity contribution is 0.280. The van der Waals surface area contributed by atoms with Crippen molar-refractivity contribution < 1.29 is 9.50 Å². The molecule has 0 bridgehead atoms. The first-order chi connectivity index (χ1) is 8.81. The smallest absolute Gasteiger partial charge is 0.146 e. The number of hydrogen-bond donors (Lipinski definition) is 1. The summed E-state index contributed by atoms with van der Waals surface area (Å²) in [7, 11) is 0. The van der Waals surface area contributed by atoms with Gasteiger partial charge < -0.3 is 10.0 Å². The first-order valence-corrected chi connectivity index (χ1v) is 6.96. The average molecular weight is 249 g/mol. The number of hydrogen-bond acceptors (Lipinski definition) is 2. The summed E-state index contributed by atoms with van der Waals surface area (Å²) >= 11 is 0. The van der Waals surface area contributed by atoms with E-state index in [4.69, 9.17) is 0 Å². The lowest BCUT2D eigenvalue weighted by Gasteiger charge is -2.34. The van der Waals surface area contributed by atoms with E-state index in [-0.39, 0.29) is 12.4 Å². The highest BCUT2D eigenvalue weighted by Crippen LogP contribution is 2.40. The molecule has 3 rings (SSSR count). The fraction of sp³-hybridized carbons (Fsp3) is 0.600. The molecule has 1 saturated heterocycles. The molecule has 2 aliphatic rings. The maximum absolute atomic E-state index is 14.1. The van der Waals surface area contributed by atoms with E-state index in [2.05, 4.69) is 4.90 Å². The lowest BCUT2D eigenvalue weighted by atomic mass is 9.85. The van der Waals surface area contributed by atoms with Gasteiger partial charge in [0, 0.05) is 18.2 Å². The van der Waals surface area contributed by atoms with Crippen LogP contribution in [0.15, 0.2) is 18.2 Å². The number of fused-ring (bicyclic) bond motifs is 1. The highest BCUT2D eigenvalue weighted by Gasteiger charge is 2.37. The summed E-state index contributed by atoms with van der Waals surface area (Å²) < 4.78 is 14.1.